The molecule has 1 saturated carbocycles. The maximum Gasteiger partial charge on any atom is 0.288 e. The lowest BCUT2D eigenvalue weighted by Crippen LogP contribution is -2.12. The minimum atomic E-state index is -2.32. The minimum Gasteiger partial charge on any atom is -0.362 e. The number of nitrogens with zero attached hydrogens (tertiary/aromatic N) is 3. The number of halogens is 2. The standard InChI is InChI=1S/C11H13N3.C9H10F2S.C8H16/c1-8-12-10-7-5-4-6-9(10)11(13-8)14(2)3;1-2-7-5-3-4-6-8(7)12-9(10)11;1-7-3-5-8(2)6-4-7/h4-7H,1-3H3;3-6,9H,2H2,1H3;7-8H,3-6H2,1-2H3. The van der Waals surface area contributed by atoms with E-state index in [-0.39, 0.29) is 0 Å². The predicted molar refractivity (Wildman–Crippen MR) is 143 cm³/mol. The first kappa shape index (κ1) is 28.0. The van der Waals surface area contributed by atoms with E-state index in [1.54, 1.807) is 12.1 Å². The number of para-hydroxylation sites is 1. The van der Waals surface area contributed by atoms with Crippen molar-refractivity contribution in [1.82, 2.24) is 9.97 Å². The predicted octanol–water partition coefficient (Wildman–Crippen LogP) is 8.40. The minimum absolute atomic E-state index is 0.616. The first-order valence-electron chi connectivity index (χ1n) is 12.1. The summed E-state index contributed by atoms with van der Waals surface area (Å²) in [5.74, 6) is 1.51. The van der Waals surface area contributed by atoms with Crippen molar-refractivity contribution in [2.75, 3.05) is 19.0 Å². The van der Waals surface area contributed by atoms with Crippen molar-refractivity contribution in [3.05, 3.63) is 59.9 Å². The Morgan fingerprint density at radius 2 is 1.47 bits per heavy atom. The second-order valence-corrected chi connectivity index (χ2v) is 10.2. The van der Waals surface area contributed by atoms with Gasteiger partial charge in [0.2, 0.25) is 0 Å². The fourth-order valence-electron chi connectivity index (χ4n) is 3.95. The zero-order valence-electron chi connectivity index (χ0n) is 21.4. The number of aromatic nitrogens is 2. The molecule has 34 heavy (non-hydrogen) atoms. The average Bonchev–Trinajstić information content (AvgIpc) is 2.81. The van der Waals surface area contributed by atoms with Gasteiger partial charge < -0.3 is 4.90 Å². The van der Waals surface area contributed by atoms with Gasteiger partial charge in [0.1, 0.15) is 11.6 Å². The van der Waals surface area contributed by atoms with E-state index in [2.05, 4.69) is 23.8 Å². The Morgan fingerprint density at radius 3 is 2.03 bits per heavy atom. The van der Waals surface area contributed by atoms with Gasteiger partial charge in [0.25, 0.3) is 5.76 Å². The molecule has 2 aromatic carbocycles. The Balaban J connectivity index is 0.000000187. The van der Waals surface area contributed by atoms with E-state index in [1.807, 2.05) is 69.2 Å². The van der Waals surface area contributed by atoms with Gasteiger partial charge in [0, 0.05) is 24.4 Å². The summed E-state index contributed by atoms with van der Waals surface area (Å²) in [5.41, 5.74) is 1.99. The molecule has 1 heterocycles. The van der Waals surface area contributed by atoms with E-state index in [0.29, 0.717) is 16.7 Å². The highest BCUT2D eigenvalue weighted by Gasteiger charge is 2.13. The number of benzene rings is 2. The number of thioether (sulfide) groups is 1. The summed E-state index contributed by atoms with van der Waals surface area (Å²) >= 11 is 0.616. The monoisotopic (exact) mass is 487 g/mol. The van der Waals surface area contributed by atoms with Crippen LogP contribution in [0.15, 0.2) is 53.4 Å². The summed E-state index contributed by atoms with van der Waals surface area (Å²) in [7, 11) is 3.99. The van der Waals surface area contributed by atoms with E-state index in [0.717, 1.165) is 46.4 Å². The third-order valence-corrected chi connectivity index (χ3v) is 6.82. The lowest BCUT2D eigenvalue weighted by molar-refractivity contribution is 0.252. The SMILES string of the molecule is CC1CCC(C)CC1.CCc1ccccc1SC(F)F.Cc1nc(N(C)C)c2ccccc2n1. The summed E-state index contributed by atoms with van der Waals surface area (Å²) in [6.45, 7) is 8.61. The van der Waals surface area contributed by atoms with Crippen molar-refractivity contribution >= 4 is 28.5 Å². The van der Waals surface area contributed by atoms with Crippen molar-refractivity contribution < 1.29 is 8.78 Å². The third kappa shape index (κ3) is 9.21. The fourth-order valence-corrected chi connectivity index (χ4v) is 4.66. The Labute approximate surface area is 208 Å². The maximum absolute atomic E-state index is 12.0. The number of hydrogen-bond acceptors (Lipinski definition) is 4. The average molecular weight is 488 g/mol. The fraction of sp³-hybridized carbons (Fsp3) is 0.500. The van der Waals surface area contributed by atoms with Crippen LogP contribution >= 0.6 is 11.8 Å². The van der Waals surface area contributed by atoms with Gasteiger partial charge in [0.05, 0.1) is 5.52 Å². The topological polar surface area (TPSA) is 29.0 Å². The van der Waals surface area contributed by atoms with Crippen LogP contribution in [0.3, 0.4) is 0 Å². The molecule has 6 heteroatoms. The van der Waals surface area contributed by atoms with Crippen LogP contribution in [0.5, 0.6) is 0 Å². The largest absolute Gasteiger partial charge is 0.362 e. The molecule has 4 rings (SSSR count). The van der Waals surface area contributed by atoms with Crippen LogP contribution in [0, 0.1) is 18.8 Å². The summed E-state index contributed by atoms with van der Waals surface area (Å²) in [4.78, 5) is 11.5. The van der Waals surface area contributed by atoms with Gasteiger partial charge in [-0.25, -0.2) is 9.97 Å². The zero-order chi connectivity index (χ0) is 25.1. The quantitative estimate of drug-likeness (QED) is 0.346. The molecule has 0 saturated heterocycles. The van der Waals surface area contributed by atoms with Crippen molar-refractivity contribution in [3.8, 4) is 0 Å². The van der Waals surface area contributed by atoms with Crippen LogP contribution in [0.2, 0.25) is 0 Å². The second kappa shape index (κ2) is 14.2. The van der Waals surface area contributed by atoms with Gasteiger partial charge >= 0.3 is 0 Å². The molecule has 3 aromatic rings. The molecule has 1 aliphatic rings. The van der Waals surface area contributed by atoms with Crippen LogP contribution in [0.25, 0.3) is 10.9 Å². The van der Waals surface area contributed by atoms with Gasteiger partial charge in [-0.3, -0.25) is 0 Å². The Hall–Kier alpha value is -2.21. The molecule has 186 valence electrons. The number of hydrogen-bond donors (Lipinski definition) is 0. The summed E-state index contributed by atoms with van der Waals surface area (Å²) in [6.07, 6.45) is 6.70. The van der Waals surface area contributed by atoms with Crippen molar-refractivity contribution in [1.29, 1.82) is 0 Å². The number of anilines is 1. The molecule has 0 amide bonds. The van der Waals surface area contributed by atoms with Crippen LogP contribution in [0.1, 0.15) is 57.8 Å². The molecule has 0 aliphatic heterocycles. The molecule has 0 bridgehead atoms. The number of fused-ring (bicyclic) bond motifs is 1. The van der Waals surface area contributed by atoms with Crippen molar-refractivity contribution in [2.24, 2.45) is 11.8 Å². The first-order chi connectivity index (χ1) is 16.2. The van der Waals surface area contributed by atoms with Gasteiger partial charge in [-0.2, -0.15) is 8.78 Å². The second-order valence-electron chi connectivity index (χ2n) is 9.21. The first-order valence-corrected chi connectivity index (χ1v) is 13.0. The molecular weight excluding hydrogens is 448 g/mol. The summed E-state index contributed by atoms with van der Waals surface area (Å²) in [5, 5.41) is 1.10. The lowest BCUT2D eigenvalue weighted by Gasteiger charge is -2.22. The normalized spacial score (nSPS) is 17.4. The zero-order valence-corrected chi connectivity index (χ0v) is 22.2. The molecular formula is C28H39F2N3S. The Kier molecular flexibility index (Phi) is 11.7. The van der Waals surface area contributed by atoms with Crippen LogP contribution < -0.4 is 4.90 Å². The highest BCUT2D eigenvalue weighted by atomic mass is 32.2. The summed E-state index contributed by atoms with van der Waals surface area (Å²) < 4.78 is 24.0. The molecule has 3 nitrogen and oxygen atoms in total. The van der Waals surface area contributed by atoms with E-state index < -0.39 is 5.76 Å². The lowest BCUT2D eigenvalue weighted by atomic mass is 9.84. The molecule has 0 radical (unpaired) electrons. The van der Waals surface area contributed by atoms with E-state index >= 15 is 0 Å². The van der Waals surface area contributed by atoms with Crippen LogP contribution in [-0.4, -0.2) is 29.8 Å². The van der Waals surface area contributed by atoms with Crippen LogP contribution in [0.4, 0.5) is 14.6 Å². The molecule has 1 aromatic heterocycles. The van der Waals surface area contributed by atoms with E-state index in [1.165, 1.54) is 25.7 Å². The maximum atomic E-state index is 12.0. The number of alkyl halides is 2. The van der Waals surface area contributed by atoms with Gasteiger partial charge in [-0.05, 0) is 48.9 Å². The Morgan fingerprint density at radius 1 is 0.912 bits per heavy atom. The molecule has 0 unspecified atom stereocenters. The van der Waals surface area contributed by atoms with Gasteiger partial charge in [0.15, 0.2) is 0 Å². The smallest absolute Gasteiger partial charge is 0.288 e. The van der Waals surface area contributed by atoms with Crippen molar-refractivity contribution in [2.45, 2.75) is 70.5 Å². The summed E-state index contributed by atoms with van der Waals surface area (Å²) in [6, 6.07) is 15.3. The molecule has 1 fully saturated rings. The highest BCUT2D eigenvalue weighted by molar-refractivity contribution is 7.99. The molecule has 0 atom stereocenters. The molecule has 1 aliphatic carbocycles. The number of aryl methyl sites for hydroxylation is 2. The molecule has 0 N–H and O–H groups in total. The molecule has 0 spiro atoms. The van der Waals surface area contributed by atoms with E-state index in [4.69, 9.17) is 0 Å². The number of rotatable bonds is 4. The Bertz CT molecular complexity index is 992. The highest BCUT2D eigenvalue weighted by Crippen LogP contribution is 2.28. The van der Waals surface area contributed by atoms with Crippen LogP contribution in [-0.2, 0) is 6.42 Å². The van der Waals surface area contributed by atoms with Crippen molar-refractivity contribution in [3.63, 3.8) is 0 Å². The van der Waals surface area contributed by atoms with E-state index in [9.17, 15) is 8.78 Å². The van der Waals surface area contributed by atoms with Gasteiger partial charge in [-0.1, -0.05) is 88.5 Å². The van der Waals surface area contributed by atoms with Gasteiger partial charge in [-0.15, -0.1) is 0 Å². The third-order valence-electron chi connectivity index (χ3n) is 5.99.